The number of carbonyl (C=O) groups is 1. The van der Waals surface area contributed by atoms with E-state index in [-0.39, 0.29) is 5.41 Å². The number of benzene rings is 1. The van der Waals surface area contributed by atoms with Gasteiger partial charge in [-0.25, -0.2) is 0 Å². The van der Waals surface area contributed by atoms with E-state index < -0.39 is 0 Å². The molecule has 2 rings (SSSR count). The molecular formula is C17H25NO. The second-order valence-electron chi connectivity index (χ2n) is 6.11. The number of nitrogens with zero attached hydrogens (tertiary/aromatic N) is 1. The summed E-state index contributed by atoms with van der Waals surface area (Å²) in [6.07, 6.45) is 3.00. The van der Waals surface area contributed by atoms with E-state index in [1.807, 2.05) is 0 Å². The van der Waals surface area contributed by atoms with Crippen molar-refractivity contribution in [1.29, 1.82) is 0 Å². The number of anilines is 1. The van der Waals surface area contributed by atoms with Gasteiger partial charge in [-0.2, -0.15) is 0 Å². The summed E-state index contributed by atoms with van der Waals surface area (Å²) in [6, 6.07) is 6.52. The van der Waals surface area contributed by atoms with Gasteiger partial charge >= 0.3 is 0 Å². The van der Waals surface area contributed by atoms with Crippen LogP contribution in [-0.4, -0.2) is 18.9 Å². The Morgan fingerprint density at radius 3 is 2.21 bits per heavy atom. The predicted octanol–water partition coefficient (Wildman–Crippen LogP) is 3.62. The first kappa shape index (κ1) is 14.1. The molecule has 1 aromatic rings. The molecule has 1 saturated heterocycles. The normalized spacial score (nSPS) is 18.7. The highest BCUT2D eigenvalue weighted by Gasteiger charge is 2.34. The van der Waals surface area contributed by atoms with Crippen molar-refractivity contribution in [2.75, 3.05) is 18.0 Å². The third kappa shape index (κ3) is 2.68. The Morgan fingerprint density at radius 1 is 1.16 bits per heavy atom. The Morgan fingerprint density at radius 2 is 1.74 bits per heavy atom. The predicted molar refractivity (Wildman–Crippen MR) is 80.8 cm³/mol. The van der Waals surface area contributed by atoms with Crippen LogP contribution >= 0.6 is 0 Å². The lowest BCUT2D eigenvalue weighted by Crippen LogP contribution is -2.45. The van der Waals surface area contributed by atoms with Crippen LogP contribution in [0.15, 0.2) is 18.2 Å². The van der Waals surface area contributed by atoms with Gasteiger partial charge in [0.05, 0.1) is 6.54 Å². The zero-order valence-corrected chi connectivity index (χ0v) is 12.6. The van der Waals surface area contributed by atoms with Crippen LogP contribution in [0.5, 0.6) is 0 Å². The molecule has 0 bridgehead atoms. The Kier molecular flexibility index (Phi) is 3.98. The fourth-order valence-electron chi connectivity index (χ4n) is 2.83. The first-order valence-corrected chi connectivity index (χ1v) is 7.38. The standard InChI is InChI=1S/C17H25NO/c1-5-13-8-7-9-14(6-2)16(13)18-11-10-17(3,4)15(19)12-18/h7-9H,5-6,10-12H2,1-4H3. The van der Waals surface area contributed by atoms with Gasteiger partial charge < -0.3 is 4.90 Å². The molecule has 19 heavy (non-hydrogen) atoms. The average molecular weight is 259 g/mol. The highest BCUT2D eigenvalue weighted by Crippen LogP contribution is 2.33. The van der Waals surface area contributed by atoms with E-state index in [9.17, 15) is 4.79 Å². The lowest BCUT2D eigenvalue weighted by atomic mass is 9.81. The summed E-state index contributed by atoms with van der Waals surface area (Å²) < 4.78 is 0. The summed E-state index contributed by atoms with van der Waals surface area (Å²) in [4.78, 5) is 14.6. The van der Waals surface area contributed by atoms with Crippen molar-refractivity contribution in [3.8, 4) is 0 Å². The molecule has 0 aromatic heterocycles. The lowest BCUT2D eigenvalue weighted by molar-refractivity contribution is -0.127. The molecule has 1 aliphatic heterocycles. The molecule has 1 aliphatic rings. The van der Waals surface area contributed by atoms with E-state index in [0.29, 0.717) is 12.3 Å². The zero-order valence-electron chi connectivity index (χ0n) is 12.6. The molecule has 0 radical (unpaired) electrons. The number of Topliss-reactive ketones (excluding diaryl/α,β-unsaturated/α-hetero) is 1. The lowest BCUT2D eigenvalue weighted by Gasteiger charge is -2.38. The van der Waals surface area contributed by atoms with Gasteiger partial charge in [-0.15, -0.1) is 0 Å². The summed E-state index contributed by atoms with van der Waals surface area (Å²) in [5, 5.41) is 0. The summed E-state index contributed by atoms with van der Waals surface area (Å²) in [5.41, 5.74) is 3.90. The van der Waals surface area contributed by atoms with E-state index in [0.717, 1.165) is 25.8 Å². The fourth-order valence-corrected chi connectivity index (χ4v) is 2.83. The maximum Gasteiger partial charge on any atom is 0.157 e. The van der Waals surface area contributed by atoms with Crippen LogP contribution in [0.1, 0.15) is 45.2 Å². The highest BCUT2D eigenvalue weighted by atomic mass is 16.1. The van der Waals surface area contributed by atoms with Crippen molar-refractivity contribution >= 4 is 11.5 Å². The van der Waals surface area contributed by atoms with Crippen molar-refractivity contribution in [2.45, 2.75) is 47.0 Å². The Bertz CT molecular complexity index is 454. The molecule has 0 unspecified atom stereocenters. The first-order valence-electron chi connectivity index (χ1n) is 7.38. The Balaban J connectivity index is 2.35. The van der Waals surface area contributed by atoms with Gasteiger partial charge in [0.25, 0.3) is 0 Å². The molecule has 0 N–H and O–H groups in total. The second-order valence-corrected chi connectivity index (χ2v) is 6.11. The van der Waals surface area contributed by atoms with Crippen LogP contribution in [0.3, 0.4) is 0 Å². The number of hydrogen-bond donors (Lipinski definition) is 0. The van der Waals surface area contributed by atoms with Crippen LogP contribution in [0.25, 0.3) is 0 Å². The smallest absolute Gasteiger partial charge is 0.157 e. The molecule has 104 valence electrons. The SMILES string of the molecule is CCc1cccc(CC)c1N1CCC(C)(C)C(=O)C1. The van der Waals surface area contributed by atoms with E-state index in [4.69, 9.17) is 0 Å². The van der Waals surface area contributed by atoms with Gasteiger partial charge in [-0.05, 0) is 30.4 Å². The molecule has 2 nitrogen and oxygen atoms in total. The Labute approximate surface area is 116 Å². The quantitative estimate of drug-likeness (QED) is 0.826. The maximum absolute atomic E-state index is 12.3. The van der Waals surface area contributed by atoms with E-state index in [2.05, 4.69) is 50.8 Å². The van der Waals surface area contributed by atoms with Crippen LogP contribution in [0.4, 0.5) is 5.69 Å². The number of rotatable bonds is 3. The topological polar surface area (TPSA) is 20.3 Å². The van der Waals surface area contributed by atoms with Crippen molar-refractivity contribution in [2.24, 2.45) is 5.41 Å². The minimum atomic E-state index is -0.149. The highest BCUT2D eigenvalue weighted by molar-refractivity contribution is 5.90. The van der Waals surface area contributed by atoms with Gasteiger partial charge in [0.1, 0.15) is 0 Å². The number of carbonyl (C=O) groups excluding carboxylic acids is 1. The Hall–Kier alpha value is -1.31. The average Bonchev–Trinajstić information content (AvgIpc) is 2.41. The minimum Gasteiger partial charge on any atom is -0.364 e. The molecule has 2 heteroatoms. The van der Waals surface area contributed by atoms with Crippen LogP contribution in [0, 0.1) is 5.41 Å². The third-order valence-electron chi connectivity index (χ3n) is 4.38. The summed E-state index contributed by atoms with van der Waals surface area (Å²) in [5.74, 6) is 0.367. The van der Waals surface area contributed by atoms with E-state index in [1.54, 1.807) is 0 Å². The van der Waals surface area contributed by atoms with Gasteiger partial charge in [0.15, 0.2) is 5.78 Å². The zero-order chi connectivity index (χ0) is 14.0. The van der Waals surface area contributed by atoms with E-state index >= 15 is 0 Å². The largest absolute Gasteiger partial charge is 0.364 e. The molecule has 0 spiro atoms. The van der Waals surface area contributed by atoms with Crippen molar-refractivity contribution < 1.29 is 4.79 Å². The number of hydrogen-bond acceptors (Lipinski definition) is 2. The van der Waals surface area contributed by atoms with Gasteiger partial charge in [0, 0.05) is 17.6 Å². The monoisotopic (exact) mass is 259 g/mol. The van der Waals surface area contributed by atoms with Gasteiger partial charge in [-0.3, -0.25) is 4.79 Å². The molecule has 0 saturated carbocycles. The van der Waals surface area contributed by atoms with Crippen molar-refractivity contribution in [3.63, 3.8) is 0 Å². The maximum atomic E-state index is 12.3. The minimum absolute atomic E-state index is 0.149. The van der Waals surface area contributed by atoms with E-state index in [1.165, 1.54) is 16.8 Å². The molecule has 1 fully saturated rings. The van der Waals surface area contributed by atoms with Gasteiger partial charge in [-0.1, -0.05) is 45.9 Å². The number of para-hydroxylation sites is 1. The molecule has 1 aromatic carbocycles. The molecule has 0 aliphatic carbocycles. The fraction of sp³-hybridized carbons (Fsp3) is 0.588. The summed E-state index contributed by atoms with van der Waals surface area (Å²) in [6.45, 7) is 10.1. The van der Waals surface area contributed by atoms with Crippen LogP contribution in [-0.2, 0) is 17.6 Å². The second kappa shape index (κ2) is 5.36. The third-order valence-corrected chi connectivity index (χ3v) is 4.38. The van der Waals surface area contributed by atoms with Gasteiger partial charge in [0.2, 0.25) is 0 Å². The van der Waals surface area contributed by atoms with Crippen LogP contribution in [0.2, 0.25) is 0 Å². The van der Waals surface area contributed by atoms with Crippen molar-refractivity contribution in [1.82, 2.24) is 0 Å². The number of piperidine rings is 1. The number of aryl methyl sites for hydroxylation is 2. The van der Waals surface area contributed by atoms with Crippen LogP contribution < -0.4 is 4.90 Å². The molecule has 0 amide bonds. The number of ketones is 1. The molecule has 1 heterocycles. The van der Waals surface area contributed by atoms with Crippen molar-refractivity contribution in [3.05, 3.63) is 29.3 Å². The first-order chi connectivity index (χ1) is 8.99. The summed E-state index contributed by atoms with van der Waals surface area (Å²) >= 11 is 0. The summed E-state index contributed by atoms with van der Waals surface area (Å²) in [7, 11) is 0. The molecule has 0 atom stereocenters. The molecular weight excluding hydrogens is 234 g/mol.